The third kappa shape index (κ3) is 6.73. The molecule has 1 spiro atoms. The molecule has 9 nitrogen and oxygen atoms in total. The Morgan fingerprint density at radius 3 is 2.23 bits per heavy atom. The fraction of sp³-hybridized carbons (Fsp3) is 0.667. The van der Waals surface area contributed by atoms with E-state index in [-0.39, 0.29) is 30.9 Å². The average Bonchev–Trinajstić information content (AvgIpc) is 3.55. The highest BCUT2D eigenvalue weighted by atomic mass is 16.6. The Balaban J connectivity index is 1.59. The summed E-state index contributed by atoms with van der Waals surface area (Å²) in [5, 5.41) is 2.81. The summed E-state index contributed by atoms with van der Waals surface area (Å²) in [5.74, 6) is -0.909. The highest BCUT2D eigenvalue weighted by molar-refractivity contribution is 5.97. The highest BCUT2D eigenvalue weighted by Gasteiger charge is 2.56. The van der Waals surface area contributed by atoms with Crippen LogP contribution >= 0.6 is 0 Å². The Bertz CT molecular complexity index is 1090. The van der Waals surface area contributed by atoms with Crippen LogP contribution in [0.25, 0.3) is 0 Å². The van der Waals surface area contributed by atoms with Crippen LogP contribution in [0.2, 0.25) is 0 Å². The Labute approximate surface area is 231 Å². The first-order valence-corrected chi connectivity index (χ1v) is 14.0. The second kappa shape index (κ2) is 10.8. The van der Waals surface area contributed by atoms with Crippen LogP contribution in [0.15, 0.2) is 30.3 Å². The third-order valence-electron chi connectivity index (χ3n) is 7.81. The molecular formula is C30H43N3O6. The molecule has 2 saturated heterocycles. The van der Waals surface area contributed by atoms with E-state index in [1.165, 1.54) is 4.90 Å². The van der Waals surface area contributed by atoms with E-state index in [1.54, 1.807) is 25.7 Å². The largest absolute Gasteiger partial charge is 0.458 e. The van der Waals surface area contributed by atoms with E-state index in [0.717, 1.165) is 31.4 Å². The number of hydrogen-bond acceptors (Lipinski definition) is 6. The van der Waals surface area contributed by atoms with Crippen LogP contribution in [-0.4, -0.2) is 65.7 Å². The van der Waals surface area contributed by atoms with Crippen molar-refractivity contribution in [1.29, 1.82) is 0 Å². The van der Waals surface area contributed by atoms with E-state index in [1.807, 2.05) is 51.1 Å². The van der Waals surface area contributed by atoms with Gasteiger partial charge in [-0.3, -0.25) is 9.59 Å². The maximum Gasteiger partial charge on any atom is 0.408 e. The lowest BCUT2D eigenvalue weighted by atomic mass is 9.84. The Kier molecular flexibility index (Phi) is 8.01. The molecule has 3 amide bonds. The van der Waals surface area contributed by atoms with Crippen LogP contribution in [0.1, 0.15) is 80.1 Å². The minimum atomic E-state index is -0.922. The minimum absolute atomic E-state index is 0.0379. The molecule has 1 aromatic rings. The highest BCUT2D eigenvalue weighted by Crippen LogP contribution is 2.45. The maximum atomic E-state index is 14.2. The fourth-order valence-corrected chi connectivity index (χ4v) is 5.97. The number of carbonyl (C=O) groups excluding carboxylic acids is 4. The molecule has 0 unspecified atom stereocenters. The number of amides is 3. The molecule has 2 heterocycles. The zero-order chi connectivity index (χ0) is 28.6. The zero-order valence-corrected chi connectivity index (χ0v) is 24.1. The quantitative estimate of drug-likeness (QED) is 0.553. The van der Waals surface area contributed by atoms with E-state index in [4.69, 9.17) is 9.47 Å². The van der Waals surface area contributed by atoms with Gasteiger partial charge in [-0.05, 0) is 70.4 Å². The van der Waals surface area contributed by atoms with E-state index in [2.05, 4.69) is 5.32 Å². The van der Waals surface area contributed by atoms with Gasteiger partial charge >= 0.3 is 12.1 Å². The summed E-state index contributed by atoms with van der Waals surface area (Å²) < 4.78 is 11.3. The number of benzene rings is 1. The van der Waals surface area contributed by atoms with Gasteiger partial charge in [-0.2, -0.15) is 0 Å². The molecule has 1 saturated carbocycles. The fourth-order valence-electron chi connectivity index (χ4n) is 5.97. The van der Waals surface area contributed by atoms with Crippen molar-refractivity contribution < 1.29 is 28.7 Å². The third-order valence-corrected chi connectivity index (χ3v) is 7.81. The number of ether oxygens (including phenoxy) is 2. The van der Waals surface area contributed by atoms with Crippen LogP contribution in [0.5, 0.6) is 0 Å². The van der Waals surface area contributed by atoms with Gasteiger partial charge in [0.1, 0.15) is 23.8 Å². The summed E-state index contributed by atoms with van der Waals surface area (Å²) in [6.45, 7) is 11.6. The number of esters is 1. The van der Waals surface area contributed by atoms with Gasteiger partial charge in [0.25, 0.3) is 0 Å². The second-order valence-electron chi connectivity index (χ2n) is 13.5. The predicted octanol–water partition coefficient (Wildman–Crippen LogP) is 4.44. The van der Waals surface area contributed by atoms with Crippen molar-refractivity contribution in [1.82, 2.24) is 10.2 Å². The van der Waals surface area contributed by atoms with E-state index in [9.17, 15) is 19.2 Å². The number of para-hydroxylation sites is 1. The van der Waals surface area contributed by atoms with E-state index >= 15 is 0 Å². The first kappa shape index (κ1) is 28.9. The van der Waals surface area contributed by atoms with Gasteiger partial charge in [-0.1, -0.05) is 39.0 Å². The summed E-state index contributed by atoms with van der Waals surface area (Å²) >= 11 is 0. The van der Waals surface area contributed by atoms with Gasteiger partial charge in [0.15, 0.2) is 0 Å². The number of rotatable bonds is 5. The molecule has 2 aliphatic heterocycles. The lowest BCUT2D eigenvalue weighted by Gasteiger charge is -2.36. The molecule has 0 bridgehead atoms. The van der Waals surface area contributed by atoms with Gasteiger partial charge in [0, 0.05) is 30.6 Å². The number of carbonyl (C=O) groups is 4. The van der Waals surface area contributed by atoms with Gasteiger partial charge in [-0.25, -0.2) is 9.59 Å². The molecule has 39 heavy (non-hydrogen) atoms. The van der Waals surface area contributed by atoms with Crippen molar-refractivity contribution in [2.24, 2.45) is 10.8 Å². The topological polar surface area (TPSA) is 105 Å². The van der Waals surface area contributed by atoms with Crippen molar-refractivity contribution in [2.45, 2.75) is 104 Å². The smallest absolute Gasteiger partial charge is 0.408 e. The van der Waals surface area contributed by atoms with Crippen LogP contribution in [0, 0.1) is 10.8 Å². The number of anilines is 1. The van der Waals surface area contributed by atoms with E-state index in [0.29, 0.717) is 13.0 Å². The van der Waals surface area contributed by atoms with Crippen molar-refractivity contribution in [2.75, 3.05) is 18.0 Å². The summed E-state index contributed by atoms with van der Waals surface area (Å²) in [5.41, 5.74) is -1.20. The van der Waals surface area contributed by atoms with Crippen LogP contribution in [0.4, 0.5) is 10.5 Å². The summed E-state index contributed by atoms with van der Waals surface area (Å²) in [6, 6.07) is 7.64. The van der Waals surface area contributed by atoms with Gasteiger partial charge in [-0.15, -0.1) is 0 Å². The molecule has 1 aliphatic carbocycles. The summed E-state index contributed by atoms with van der Waals surface area (Å²) in [7, 11) is 0. The molecule has 9 heteroatoms. The van der Waals surface area contributed by atoms with Crippen LogP contribution in [0.3, 0.4) is 0 Å². The van der Waals surface area contributed by atoms with Crippen molar-refractivity contribution >= 4 is 29.6 Å². The van der Waals surface area contributed by atoms with Gasteiger partial charge in [0.05, 0.1) is 0 Å². The van der Waals surface area contributed by atoms with Crippen LogP contribution in [-0.2, 0) is 23.9 Å². The first-order valence-electron chi connectivity index (χ1n) is 14.0. The predicted molar refractivity (Wildman–Crippen MR) is 147 cm³/mol. The molecule has 0 radical (unpaired) electrons. The number of nitrogens with zero attached hydrogens (tertiary/aromatic N) is 2. The Morgan fingerprint density at radius 2 is 1.64 bits per heavy atom. The van der Waals surface area contributed by atoms with Crippen molar-refractivity contribution in [3.63, 3.8) is 0 Å². The second-order valence-corrected chi connectivity index (χ2v) is 13.5. The normalized spacial score (nSPS) is 24.8. The molecule has 1 N–H and O–H groups in total. The zero-order valence-electron chi connectivity index (χ0n) is 24.1. The van der Waals surface area contributed by atoms with E-state index < -0.39 is 40.6 Å². The maximum absolute atomic E-state index is 14.2. The molecule has 0 aromatic heterocycles. The summed E-state index contributed by atoms with van der Waals surface area (Å²) in [4.78, 5) is 56.9. The Hall–Kier alpha value is -3.10. The average molecular weight is 542 g/mol. The monoisotopic (exact) mass is 541 g/mol. The number of alkyl carbamates (subject to hydrolysis) is 1. The molecule has 3 aliphatic rings. The molecular weight excluding hydrogens is 498 g/mol. The molecule has 1 aromatic carbocycles. The SMILES string of the molecule is CC(C)(C)OC(=O)[C@@H]1C[C@@]2(CC(=O)N(c3ccccc3)C2)CN1C(=O)[C@@H](NC(=O)OC1CCCC1)C(C)(C)C. The minimum Gasteiger partial charge on any atom is -0.458 e. The lowest BCUT2D eigenvalue weighted by molar-refractivity contribution is -0.164. The van der Waals surface area contributed by atoms with Gasteiger partial charge in [0.2, 0.25) is 11.8 Å². The van der Waals surface area contributed by atoms with Crippen LogP contribution < -0.4 is 10.2 Å². The van der Waals surface area contributed by atoms with Crippen molar-refractivity contribution in [3.8, 4) is 0 Å². The Morgan fingerprint density at radius 1 is 1.00 bits per heavy atom. The lowest BCUT2D eigenvalue weighted by Crippen LogP contribution is -2.57. The van der Waals surface area contributed by atoms with Gasteiger partial charge < -0.3 is 24.6 Å². The number of hydrogen-bond donors (Lipinski definition) is 1. The number of nitrogens with one attached hydrogen (secondary N) is 1. The molecule has 3 atom stereocenters. The molecule has 3 fully saturated rings. The molecule has 214 valence electrons. The molecule has 4 rings (SSSR count). The summed E-state index contributed by atoms with van der Waals surface area (Å²) in [6.07, 6.45) is 3.46. The standard InChI is InChI=1S/C30H43N3O6/c1-28(2,3)24(31-27(37)38-21-14-10-11-15-21)25(35)33-19-30(16-22(33)26(36)39-29(4,5)6)17-23(34)32(18-30)20-12-8-7-9-13-20/h7-9,12-13,21-22,24H,10-11,14-19H2,1-6H3,(H,31,37)/t22-,24+,30-/m0/s1. The number of likely N-dealkylation sites (tertiary alicyclic amines) is 1. The van der Waals surface area contributed by atoms with Crippen molar-refractivity contribution in [3.05, 3.63) is 30.3 Å². The first-order chi connectivity index (χ1) is 18.2.